The lowest BCUT2D eigenvalue weighted by atomic mass is 10.0. The number of rotatable bonds is 4. The third-order valence-corrected chi connectivity index (χ3v) is 4.48. The predicted octanol–water partition coefficient (Wildman–Crippen LogP) is 1.42. The molecule has 2 aliphatic heterocycles. The molecule has 2 heterocycles. The minimum Gasteiger partial charge on any atom is -0.381 e. The second-order valence-electron chi connectivity index (χ2n) is 6.16. The van der Waals surface area contributed by atoms with E-state index in [0.717, 1.165) is 6.42 Å². The van der Waals surface area contributed by atoms with Gasteiger partial charge in [-0.15, -0.1) is 0 Å². The molecule has 2 saturated heterocycles. The van der Waals surface area contributed by atoms with E-state index in [2.05, 4.69) is 0 Å². The van der Waals surface area contributed by atoms with Gasteiger partial charge in [0.1, 0.15) is 5.82 Å². The lowest BCUT2D eigenvalue weighted by Gasteiger charge is -2.34. The first kappa shape index (κ1) is 15.9. The maximum atomic E-state index is 13.7. The van der Waals surface area contributed by atoms with Crippen LogP contribution in [0, 0.1) is 11.7 Å². The first-order valence-electron chi connectivity index (χ1n) is 8.00. The van der Waals surface area contributed by atoms with Gasteiger partial charge in [-0.05, 0) is 18.4 Å². The van der Waals surface area contributed by atoms with Crippen LogP contribution in [0.1, 0.15) is 18.4 Å². The summed E-state index contributed by atoms with van der Waals surface area (Å²) in [5.74, 6) is -0.149. The number of carbonyl (C=O) groups excluding carboxylic acids is 2. The molecule has 0 radical (unpaired) electrons. The van der Waals surface area contributed by atoms with Crippen molar-refractivity contribution in [3.8, 4) is 0 Å². The van der Waals surface area contributed by atoms with E-state index in [1.165, 1.54) is 6.07 Å². The molecule has 23 heavy (non-hydrogen) atoms. The number of piperazine rings is 1. The van der Waals surface area contributed by atoms with E-state index in [1.807, 2.05) is 0 Å². The molecule has 2 fully saturated rings. The highest BCUT2D eigenvalue weighted by Crippen LogP contribution is 2.19. The summed E-state index contributed by atoms with van der Waals surface area (Å²) in [4.78, 5) is 27.7. The number of ether oxygens (including phenoxy) is 1. The van der Waals surface area contributed by atoms with Gasteiger partial charge in [0.2, 0.25) is 11.8 Å². The smallest absolute Gasteiger partial charge is 0.242 e. The Balaban J connectivity index is 1.53. The topological polar surface area (TPSA) is 49.9 Å². The average Bonchev–Trinajstić information content (AvgIpc) is 3.04. The highest BCUT2D eigenvalue weighted by atomic mass is 19.1. The van der Waals surface area contributed by atoms with Crippen molar-refractivity contribution >= 4 is 11.8 Å². The summed E-state index contributed by atoms with van der Waals surface area (Å²) >= 11 is 0. The highest BCUT2D eigenvalue weighted by Gasteiger charge is 2.29. The van der Waals surface area contributed by atoms with E-state index < -0.39 is 0 Å². The molecule has 5 nitrogen and oxygen atoms in total. The van der Waals surface area contributed by atoms with E-state index in [4.69, 9.17) is 4.74 Å². The van der Waals surface area contributed by atoms with Crippen molar-refractivity contribution in [3.63, 3.8) is 0 Å². The molecule has 1 atom stereocenters. The number of benzene rings is 1. The Bertz CT molecular complexity index is 587. The molecule has 1 aromatic rings. The third-order valence-electron chi connectivity index (χ3n) is 4.48. The summed E-state index contributed by atoms with van der Waals surface area (Å²) in [5, 5.41) is 0. The fraction of sp³-hybridized carbons (Fsp3) is 0.529. The Labute approximate surface area is 135 Å². The molecule has 0 aliphatic carbocycles. The van der Waals surface area contributed by atoms with Crippen LogP contribution >= 0.6 is 0 Å². The van der Waals surface area contributed by atoms with Crippen LogP contribution in [0.2, 0.25) is 0 Å². The van der Waals surface area contributed by atoms with Crippen molar-refractivity contribution in [1.29, 1.82) is 0 Å². The van der Waals surface area contributed by atoms with Crippen molar-refractivity contribution in [2.75, 3.05) is 32.8 Å². The van der Waals surface area contributed by atoms with E-state index >= 15 is 0 Å². The molecule has 2 amide bonds. The molecule has 0 unspecified atom stereocenters. The summed E-state index contributed by atoms with van der Waals surface area (Å²) in [6, 6.07) is 6.46. The molecule has 3 rings (SSSR count). The van der Waals surface area contributed by atoms with Crippen LogP contribution in [0.3, 0.4) is 0 Å². The van der Waals surface area contributed by atoms with Crippen LogP contribution < -0.4 is 0 Å². The summed E-state index contributed by atoms with van der Waals surface area (Å²) in [6.07, 6.45) is 1.35. The first-order valence-corrected chi connectivity index (χ1v) is 8.00. The second-order valence-corrected chi connectivity index (χ2v) is 6.16. The van der Waals surface area contributed by atoms with Gasteiger partial charge < -0.3 is 14.5 Å². The molecular weight excluding hydrogens is 299 g/mol. The molecule has 0 N–H and O–H groups in total. The maximum Gasteiger partial charge on any atom is 0.242 e. The van der Waals surface area contributed by atoms with E-state index in [9.17, 15) is 14.0 Å². The van der Waals surface area contributed by atoms with Gasteiger partial charge in [-0.3, -0.25) is 9.59 Å². The maximum absolute atomic E-state index is 13.7. The number of halogens is 1. The molecule has 0 bridgehead atoms. The van der Waals surface area contributed by atoms with E-state index in [0.29, 0.717) is 38.3 Å². The summed E-state index contributed by atoms with van der Waals surface area (Å²) < 4.78 is 19.0. The largest absolute Gasteiger partial charge is 0.381 e. The van der Waals surface area contributed by atoms with Crippen LogP contribution in [-0.4, -0.2) is 54.5 Å². The fourth-order valence-corrected chi connectivity index (χ4v) is 3.04. The van der Waals surface area contributed by atoms with Gasteiger partial charge in [-0.1, -0.05) is 18.2 Å². The lowest BCUT2D eigenvalue weighted by molar-refractivity contribution is -0.146. The number of hydrogen-bond acceptors (Lipinski definition) is 3. The summed E-state index contributed by atoms with van der Waals surface area (Å²) in [6.45, 7) is 2.64. The van der Waals surface area contributed by atoms with E-state index in [-0.39, 0.29) is 36.6 Å². The first-order chi connectivity index (χ1) is 11.1. The molecule has 0 spiro atoms. The van der Waals surface area contributed by atoms with Crippen LogP contribution in [0.15, 0.2) is 24.3 Å². The van der Waals surface area contributed by atoms with Crippen molar-refractivity contribution in [2.45, 2.75) is 19.4 Å². The molecule has 6 heteroatoms. The Morgan fingerprint density at radius 1 is 1.30 bits per heavy atom. The van der Waals surface area contributed by atoms with Gasteiger partial charge in [0, 0.05) is 44.8 Å². The number of hydrogen-bond donors (Lipinski definition) is 0. The number of nitrogens with zero attached hydrogens (tertiary/aromatic N) is 2. The van der Waals surface area contributed by atoms with Gasteiger partial charge in [-0.25, -0.2) is 4.39 Å². The van der Waals surface area contributed by atoms with Crippen LogP contribution in [0.5, 0.6) is 0 Å². The van der Waals surface area contributed by atoms with Gasteiger partial charge in [0.05, 0.1) is 6.54 Å². The Morgan fingerprint density at radius 2 is 2.13 bits per heavy atom. The fourth-order valence-electron chi connectivity index (χ4n) is 3.04. The Kier molecular flexibility index (Phi) is 4.91. The van der Waals surface area contributed by atoms with Gasteiger partial charge in [0.25, 0.3) is 0 Å². The van der Waals surface area contributed by atoms with Crippen molar-refractivity contribution < 1.29 is 18.7 Å². The van der Waals surface area contributed by atoms with Gasteiger partial charge in [-0.2, -0.15) is 0 Å². The SMILES string of the molecule is O=C(C[C@@H]1CCOC1)N1CCN(Cc2ccccc2F)C(=O)C1. The third kappa shape index (κ3) is 3.88. The predicted molar refractivity (Wildman–Crippen MR) is 81.9 cm³/mol. The van der Waals surface area contributed by atoms with Crippen LogP contribution in [0.25, 0.3) is 0 Å². The normalized spacial score (nSPS) is 21.8. The second kappa shape index (κ2) is 7.08. The quantitative estimate of drug-likeness (QED) is 0.843. The van der Waals surface area contributed by atoms with Gasteiger partial charge in [0.15, 0.2) is 0 Å². The minimum atomic E-state index is -0.306. The zero-order chi connectivity index (χ0) is 16.2. The van der Waals surface area contributed by atoms with Crippen molar-refractivity contribution in [3.05, 3.63) is 35.6 Å². The Hall–Kier alpha value is -1.95. The average molecular weight is 320 g/mol. The van der Waals surface area contributed by atoms with Gasteiger partial charge >= 0.3 is 0 Å². The van der Waals surface area contributed by atoms with Crippen molar-refractivity contribution in [1.82, 2.24) is 9.80 Å². The number of amides is 2. The highest BCUT2D eigenvalue weighted by molar-refractivity contribution is 5.86. The van der Waals surface area contributed by atoms with Crippen LogP contribution in [-0.2, 0) is 20.9 Å². The molecule has 2 aliphatic rings. The van der Waals surface area contributed by atoms with Crippen molar-refractivity contribution in [2.24, 2.45) is 5.92 Å². The van der Waals surface area contributed by atoms with Crippen LogP contribution in [0.4, 0.5) is 4.39 Å². The minimum absolute atomic E-state index is 0.0133. The van der Waals surface area contributed by atoms with E-state index in [1.54, 1.807) is 28.0 Å². The molecule has 0 aromatic heterocycles. The molecule has 0 saturated carbocycles. The lowest BCUT2D eigenvalue weighted by Crippen LogP contribution is -2.52. The zero-order valence-electron chi connectivity index (χ0n) is 13.0. The Morgan fingerprint density at radius 3 is 2.83 bits per heavy atom. The standard InChI is InChI=1S/C17H21FN2O3/c18-15-4-2-1-3-14(15)10-19-6-7-20(11-17(19)22)16(21)9-13-5-8-23-12-13/h1-4,13H,5-12H2/t13-/m0/s1. The monoisotopic (exact) mass is 320 g/mol. The summed E-state index contributed by atoms with van der Waals surface area (Å²) in [7, 11) is 0. The molecule has 1 aromatic carbocycles. The molecular formula is C17H21FN2O3. The molecule has 124 valence electrons. The summed E-state index contributed by atoms with van der Waals surface area (Å²) in [5.41, 5.74) is 0.503. The zero-order valence-corrected chi connectivity index (χ0v) is 13.0. The number of carbonyl (C=O) groups is 2.